The second-order valence-corrected chi connectivity index (χ2v) is 3.48. The fourth-order valence-corrected chi connectivity index (χ4v) is 1.30. The van der Waals surface area contributed by atoms with Gasteiger partial charge in [-0.05, 0) is 18.2 Å². The van der Waals surface area contributed by atoms with Gasteiger partial charge in [0, 0.05) is 23.6 Å². The summed E-state index contributed by atoms with van der Waals surface area (Å²) in [5.41, 5.74) is 3.90. The number of rotatable bonds is 3. The minimum absolute atomic E-state index is 0.388. The Morgan fingerprint density at radius 3 is 2.72 bits per heavy atom. The molecule has 0 saturated heterocycles. The lowest BCUT2D eigenvalue weighted by atomic mass is 10.3. The van der Waals surface area contributed by atoms with Gasteiger partial charge in [-0.3, -0.25) is 4.98 Å². The van der Waals surface area contributed by atoms with E-state index in [2.05, 4.69) is 20.8 Å². The quantitative estimate of drug-likeness (QED) is 0.638. The number of carbonyl (C=O) groups is 1. The predicted octanol–water partition coefficient (Wildman–Crippen LogP) is 2.24. The second kappa shape index (κ2) is 6.15. The first-order valence-corrected chi connectivity index (χ1v) is 5.40. The van der Waals surface area contributed by atoms with E-state index in [-0.39, 0.29) is 6.03 Å². The number of aromatic nitrogens is 1. The van der Waals surface area contributed by atoms with Crippen LogP contribution in [-0.4, -0.2) is 17.2 Å². The zero-order chi connectivity index (χ0) is 12.6. The second-order valence-electron chi connectivity index (χ2n) is 3.48. The van der Waals surface area contributed by atoms with Crippen LogP contribution < -0.4 is 10.7 Å². The molecule has 1 heterocycles. The molecule has 2 amide bonds. The number of hydrogen-bond acceptors (Lipinski definition) is 3. The van der Waals surface area contributed by atoms with Crippen LogP contribution in [0.5, 0.6) is 0 Å². The van der Waals surface area contributed by atoms with Gasteiger partial charge in [0.25, 0.3) is 0 Å². The lowest BCUT2D eigenvalue weighted by Crippen LogP contribution is -2.24. The average Bonchev–Trinajstić information content (AvgIpc) is 2.41. The van der Waals surface area contributed by atoms with E-state index in [1.54, 1.807) is 30.6 Å². The van der Waals surface area contributed by atoms with Gasteiger partial charge in [0.15, 0.2) is 0 Å². The number of para-hydroxylation sites is 1. The van der Waals surface area contributed by atoms with Crippen molar-refractivity contribution in [3.05, 3.63) is 60.4 Å². The van der Waals surface area contributed by atoms with Gasteiger partial charge < -0.3 is 5.32 Å². The maximum Gasteiger partial charge on any atom is 0.339 e. The number of urea groups is 1. The third-order valence-electron chi connectivity index (χ3n) is 2.10. The average molecular weight is 240 g/mol. The van der Waals surface area contributed by atoms with Gasteiger partial charge >= 0.3 is 6.03 Å². The summed E-state index contributed by atoms with van der Waals surface area (Å²) in [4.78, 5) is 15.4. The van der Waals surface area contributed by atoms with Crippen molar-refractivity contribution in [2.45, 2.75) is 0 Å². The van der Waals surface area contributed by atoms with Crippen molar-refractivity contribution in [3.63, 3.8) is 0 Å². The molecular formula is C13H12N4O. The summed E-state index contributed by atoms with van der Waals surface area (Å²) in [6, 6.07) is 12.4. The van der Waals surface area contributed by atoms with Gasteiger partial charge in [0.2, 0.25) is 0 Å². The van der Waals surface area contributed by atoms with Crippen molar-refractivity contribution in [2.24, 2.45) is 5.10 Å². The highest BCUT2D eigenvalue weighted by molar-refractivity contribution is 5.90. The molecule has 5 nitrogen and oxygen atoms in total. The monoisotopic (exact) mass is 240 g/mol. The molecule has 0 aliphatic rings. The molecule has 1 aromatic heterocycles. The van der Waals surface area contributed by atoms with Crippen LogP contribution in [0, 0.1) is 0 Å². The Kier molecular flexibility index (Phi) is 4.02. The number of nitrogens with one attached hydrogen (secondary N) is 2. The van der Waals surface area contributed by atoms with Crippen LogP contribution in [0.15, 0.2) is 60.0 Å². The van der Waals surface area contributed by atoms with Crippen molar-refractivity contribution in [1.29, 1.82) is 0 Å². The summed E-state index contributed by atoms with van der Waals surface area (Å²) in [6.45, 7) is 0. The van der Waals surface area contributed by atoms with Crippen LogP contribution in [0.25, 0.3) is 0 Å². The van der Waals surface area contributed by atoms with Crippen molar-refractivity contribution >= 4 is 17.9 Å². The molecule has 0 aliphatic heterocycles. The summed E-state index contributed by atoms with van der Waals surface area (Å²) in [7, 11) is 0. The Labute approximate surface area is 105 Å². The molecule has 2 aromatic rings. The number of nitrogens with zero attached hydrogens (tertiary/aromatic N) is 2. The largest absolute Gasteiger partial charge is 0.339 e. The number of hydrazone groups is 1. The number of anilines is 1. The van der Waals surface area contributed by atoms with Gasteiger partial charge in [-0.1, -0.05) is 24.3 Å². The Bertz CT molecular complexity index is 525. The van der Waals surface area contributed by atoms with Crippen LogP contribution in [0.1, 0.15) is 5.56 Å². The predicted molar refractivity (Wildman–Crippen MR) is 70.4 cm³/mol. The van der Waals surface area contributed by atoms with E-state index in [4.69, 9.17) is 0 Å². The first-order valence-electron chi connectivity index (χ1n) is 5.40. The lowest BCUT2D eigenvalue weighted by Gasteiger charge is -2.02. The van der Waals surface area contributed by atoms with E-state index in [9.17, 15) is 4.79 Å². The van der Waals surface area contributed by atoms with Crippen LogP contribution in [0.4, 0.5) is 10.5 Å². The molecule has 5 heteroatoms. The van der Waals surface area contributed by atoms with Crippen LogP contribution in [-0.2, 0) is 0 Å². The Morgan fingerprint density at radius 1 is 1.17 bits per heavy atom. The van der Waals surface area contributed by atoms with Crippen LogP contribution >= 0.6 is 0 Å². The highest BCUT2D eigenvalue weighted by Crippen LogP contribution is 2.03. The Balaban J connectivity index is 1.84. The number of pyridine rings is 1. The zero-order valence-corrected chi connectivity index (χ0v) is 9.58. The number of hydrogen-bond donors (Lipinski definition) is 2. The number of benzene rings is 1. The molecule has 0 fully saturated rings. The van der Waals surface area contributed by atoms with Gasteiger partial charge in [-0.2, -0.15) is 5.10 Å². The summed E-state index contributed by atoms with van der Waals surface area (Å²) in [5.74, 6) is 0. The third kappa shape index (κ3) is 3.71. The molecule has 0 bridgehead atoms. The molecule has 0 saturated carbocycles. The fourth-order valence-electron chi connectivity index (χ4n) is 1.30. The van der Waals surface area contributed by atoms with Crippen molar-refractivity contribution in [1.82, 2.24) is 10.4 Å². The molecular weight excluding hydrogens is 228 g/mol. The third-order valence-corrected chi connectivity index (χ3v) is 2.10. The molecule has 2 N–H and O–H groups in total. The van der Waals surface area contributed by atoms with E-state index < -0.39 is 0 Å². The lowest BCUT2D eigenvalue weighted by molar-refractivity contribution is 0.252. The van der Waals surface area contributed by atoms with E-state index in [1.807, 2.05) is 24.3 Å². The van der Waals surface area contributed by atoms with Crippen molar-refractivity contribution < 1.29 is 4.79 Å². The highest BCUT2D eigenvalue weighted by Gasteiger charge is 1.97. The van der Waals surface area contributed by atoms with Crippen LogP contribution in [0.2, 0.25) is 0 Å². The van der Waals surface area contributed by atoms with E-state index in [0.29, 0.717) is 5.69 Å². The summed E-state index contributed by atoms with van der Waals surface area (Å²) < 4.78 is 0. The topological polar surface area (TPSA) is 66.4 Å². The first kappa shape index (κ1) is 11.8. The van der Waals surface area contributed by atoms with Gasteiger partial charge in [0.05, 0.1) is 6.21 Å². The van der Waals surface area contributed by atoms with Gasteiger partial charge in [0.1, 0.15) is 0 Å². The number of carbonyl (C=O) groups excluding carboxylic acids is 1. The van der Waals surface area contributed by atoms with Gasteiger partial charge in [-0.25, -0.2) is 10.2 Å². The maximum atomic E-state index is 11.5. The van der Waals surface area contributed by atoms with E-state index >= 15 is 0 Å². The zero-order valence-electron chi connectivity index (χ0n) is 9.58. The Hall–Kier alpha value is -2.69. The SMILES string of the molecule is O=C(N/N=C\c1cccnc1)Nc1ccccc1. The number of amides is 2. The minimum atomic E-state index is -0.388. The van der Waals surface area contributed by atoms with Crippen LogP contribution in [0.3, 0.4) is 0 Å². The molecule has 0 spiro atoms. The molecule has 2 rings (SSSR count). The summed E-state index contributed by atoms with van der Waals surface area (Å²) in [5, 5.41) is 6.46. The highest BCUT2D eigenvalue weighted by atomic mass is 16.2. The normalized spacial score (nSPS) is 10.2. The summed E-state index contributed by atoms with van der Waals surface area (Å²) >= 11 is 0. The molecule has 0 atom stereocenters. The molecule has 18 heavy (non-hydrogen) atoms. The molecule has 90 valence electrons. The summed E-state index contributed by atoms with van der Waals surface area (Å²) in [6.07, 6.45) is 4.85. The van der Waals surface area contributed by atoms with Gasteiger partial charge in [-0.15, -0.1) is 0 Å². The minimum Gasteiger partial charge on any atom is -0.307 e. The molecule has 0 radical (unpaired) electrons. The van der Waals surface area contributed by atoms with Crippen molar-refractivity contribution in [3.8, 4) is 0 Å². The maximum absolute atomic E-state index is 11.5. The van der Waals surface area contributed by atoms with Crippen molar-refractivity contribution in [2.75, 3.05) is 5.32 Å². The van der Waals surface area contributed by atoms with E-state index in [0.717, 1.165) is 5.56 Å². The Morgan fingerprint density at radius 2 is 2.00 bits per heavy atom. The smallest absolute Gasteiger partial charge is 0.307 e. The molecule has 1 aromatic carbocycles. The van der Waals surface area contributed by atoms with E-state index in [1.165, 1.54) is 6.21 Å². The molecule has 0 unspecified atom stereocenters. The standard InChI is InChI=1S/C13H12N4O/c18-13(16-12-6-2-1-3-7-12)17-15-10-11-5-4-8-14-9-11/h1-10H,(H2,16,17,18)/b15-10-. The molecule has 0 aliphatic carbocycles. The fraction of sp³-hybridized carbons (Fsp3) is 0. The first-order chi connectivity index (χ1) is 8.84.